The minimum atomic E-state index is -0.220. The van der Waals surface area contributed by atoms with E-state index in [-0.39, 0.29) is 5.97 Å². The SMILES string of the molecule is CCCCCCOC(=O)c1ccc(CBr)cc1. The smallest absolute Gasteiger partial charge is 0.338 e. The molecule has 0 atom stereocenters. The average molecular weight is 299 g/mol. The van der Waals surface area contributed by atoms with Crippen LogP contribution in [0.4, 0.5) is 0 Å². The number of esters is 1. The van der Waals surface area contributed by atoms with E-state index in [0.717, 1.165) is 23.7 Å². The van der Waals surface area contributed by atoms with Crippen molar-refractivity contribution in [2.24, 2.45) is 0 Å². The van der Waals surface area contributed by atoms with Crippen molar-refractivity contribution in [1.29, 1.82) is 0 Å². The molecule has 0 saturated carbocycles. The zero-order chi connectivity index (χ0) is 12.5. The second-order valence-corrected chi connectivity index (χ2v) is 4.59. The van der Waals surface area contributed by atoms with Crippen molar-refractivity contribution in [1.82, 2.24) is 0 Å². The first-order valence-corrected chi connectivity index (χ1v) is 7.22. The van der Waals surface area contributed by atoms with Crippen LogP contribution in [0.3, 0.4) is 0 Å². The number of hydrogen-bond acceptors (Lipinski definition) is 2. The number of rotatable bonds is 7. The van der Waals surface area contributed by atoms with Crippen LogP contribution in [-0.4, -0.2) is 12.6 Å². The topological polar surface area (TPSA) is 26.3 Å². The highest BCUT2D eigenvalue weighted by Gasteiger charge is 2.06. The molecule has 0 bridgehead atoms. The summed E-state index contributed by atoms with van der Waals surface area (Å²) >= 11 is 3.37. The second-order valence-electron chi connectivity index (χ2n) is 4.03. The highest BCUT2D eigenvalue weighted by molar-refractivity contribution is 9.08. The van der Waals surface area contributed by atoms with Gasteiger partial charge in [-0.25, -0.2) is 4.79 Å². The summed E-state index contributed by atoms with van der Waals surface area (Å²) in [5.41, 5.74) is 1.79. The van der Waals surface area contributed by atoms with E-state index in [1.165, 1.54) is 12.8 Å². The van der Waals surface area contributed by atoms with E-state index in [4.69, 9.17) is 4.74 Å². The molecule has 0 saturated heterocycles. The molecule has 0 heterocycles. The maximum atomic E-state index is 11.6. The lowest BCUT2D eigenvalue weighted by Crippen LogP contribution is -2.06. The normalized spacial score (nSPS) is 10.2. The molecule has 0 radical (unpaired) electrons. The first-order chi connectivity index (χ1) is 8.27. The highest BCUT2D eigenvalue weighted by atomic mass is 79.9. The minimum absolute atomic E-state index is 0.220. The molecule has 0 N–H and O–H groups in total. The van der Waals surface area contributed by atoms with Gasteiger partial charge >= 0.3 is 5.97 Å². The molecule has 0 aliphatic heterocycles. The van der Waals surface area contributed by atoms with Crippen molar-refractivity contribution in [3.8, 4) is 0 Å². The third-order valence-corrected chi connectivity index (χ3v) is 3.22. The number of carbonyl (C=O) groups is 1. The number of benzene rings is 1. The molecular weight excluding hydrogens is 280 g/mol. The van der Waals surface area contributed by atoms with Gasteiger partial charge in [-0.1, -0.05) is 54.2 Å². The van der Waals surface area contributed by atoms with Crippen LogP contribution in [0.15, 0.2) is 24.3 Å². The summed E-state index contributed by atoms with van der Waals surface area (Å²) in [6.07, 6.45) is 4.49. The molecule has 0 amide bonds. The van der Waals surface area contributed by atoms with Crippen molar-refractivity contribution in [3.05, 3.63) is 35.4 Å². The average Bonchev–Trinajstić information content (AvgIpc) is 2.38. The molecule has 0 aliphatic carbocycles. The van der Waals surface area contributed by atoms with Crippen LogP contribution < -0.4 is 0 Å². The Morgan fingerprint density at radius 3 is 2.47 bits per heavy atom. The summed E-state index contributed by atoms with van der Waals surface area (Å²) in [6.45, 7) is 2.69. The van der Waals surface area contributed by atoms with Gasteiger partial charge in [0, 0.05) is 5.33 Å². The zero-order valence-electron chi connectivity index (χ0n) is 10.2. The van der Waals surface area contributed by atoms with Crippen LogP contribution >= 0.6 is 15.9 Å². The summed E-state index contributed by atoms with van der Waals surface area (Å²) in [5.74, 6) is -0.220. The lowest BCUT2D eigenvalue weighted by molar-refractivity contribution is 0.0498. The van der Waals surface area contributed by atoms with Gasteiger partial charge in [-0.05, 0) is 24.1 Å². The molecule has 17 heavy (non-hydrogen) atoms. The minimum Gasteiger partial charge on any atom is -0.462 e. The quantitative estimate of drug-likeness (QED) is 0.426. The summed E-state index contributed by atoms with van der Waals surface area (Å²) in [7, 11) is 0. The van der Waals surface area contributed by atoms with Gasteiger partial charge in [-0.2, -0.15) is 0 Å². The van der Waals surface area contributed by atoms with Crippen molar-refractivity contribution in [3.63, 3.8) is 0 Å². The van der Waals surface area contributed by atoms with Crippen molar-refractivity contribution < 1.29 is 9.53 Å². The van der Waals surface area contributed by atoms with E-state index in [1.807, 2.05) is 24.3 Å². The van der Waals surface area contributed by atoms with Gasteiger partial charge in [0.05, 0.1) is 12.2 Å². The molecule has 1 aromatic rings. The summed E-state index contributed by atoms with van der Waals surface area (Å²) in [6, 6.07) is 7.49. The van der Waals surface area contributed by atoms with E-state index < -0.39 is 0 Å². The molecule has 0 fully saturated rings. The molecule has 1 aromatic carbocycles. The summed E-state index contributed by atoms with van der Waals surface area (Å²) in [4.78, 5) is 11.6. The van der Waals surface area contributed by atoms with Crippen LogP contribution in [0.25, 0.3) is 0 Å². The Hall–Kier alpha value is -0.830. The fourth-order valence-corrected chi connectivity index (χ4v) is 1.88. The van der Waals surface area contributed by atoms with Crippen LogP contribution in [0.5, 0.6) is 0 Å². The monoisotopic (exact) mass is 298 g/mol. The van der Waals surface area contributed by atoms with E-state index in [9.17, 15) is 4.79 Å². The van der Waals surface area contributed by atoms with Gasteiger partial charge in [-0.3, -0.25) is 0 Å². The van der Waals surface area contributed by atoms with Crippen LogP contribution in [-0.2, 0) is 10.1 Å². The first kappa shape index (κ1) is 14.2. The molecule has 0 unspecified atom stereocenters. The molecule has 3 heteroatoms. The van der Waals surface area contributed by atoms with Gasteiger partial charge in [0.15, 0.2) is 0 Å². The first-order valence-electron chi connectivity index (χ1n) is 6.10. The summed E-state index contributed by atoms with van der Waals surface area (Å²) in [5, 5.41) is 0.805. The third kappa shape index (κ3) is 5.35. The second kappa shape index (κ2) is 8.29. The Kier molecular flexibility index (Phi) is 6.94. The van der Waals surface area contributed by atoms with E-state index in [1.54, 1.807) is 0 Å². The maximum Gasteiger partial charge on any atom is 0.338 e. The van der Waals surface area contributed by atoms with E-state index in [2.05, 4.69) is 22.9 Å². The van der Waals surface area contributed by atoms with Crippen LogP contribution in [0, 0.1) is 0 Å². The number of unbranched alkanes of at least 4 members (excludes halogenated alkanes) is 3. The number of hydrogen-bond donors (Lipinski definition) is 0. The van der Waals surface area contributed by atoms with Gasteiger partial charge in [0.2, 0.25) is 0 Å². The Morgan fingerprint density at radius 2 is 1.88 bits per heavy atom. The lowest BCUT2D eigenvalue weighted by Gasteiger charge is -2.05. The van der Waals surface area contributed by atoms with E-state index in [0.29, 0.717) is 12.2 Å². The Balaban J connectivity index is 2.31. The number of alkyl halides is 1. The van der Waals surface area contributed by atoms with Crippen LogP contribution in [0.1, 0.15) is 48.5 Å². The van der Waals surface area contributed by atoms with Gasteiger partial charge in [0.1, 0.15) is 0 Å². The van der Waals surface area contributed by atoms with Gasteiger partial charge in [0.25, 0.3) is 0 Å². The molecular formula is C14H19BrO2. The Bertz CT molecular complexity index is 333. The molecule has 94 valence electrons. The zero-order valence-corrected chi connectivity index (χ0v) is 11.8. The number of halogens is 1. The molecule has 1 rings (SSSR count). The number of ether oxygens (including phenoxy) is 1. The molecule has 0 aliphatic rings. The number of carbonyl (C=O) groups excluding carboxylic acids is 1. The molecule has 2 nitrogen and oxygen atoms in total. The largest absolute Gasteiger partial charge is 0.462 e. The van der Waals surface area contributed by atoms with Crippen LogP contribution in [0.2, 0.25) is 0 Å². The van der Waals surface area contributed by atoms with Gasteiger partial charge < -0.3 is 4.74 Å². The maximum absolute atomic E-state index is 11.6. The van der Waals surface area contributed by atoms with E-state index >= 15 is 0 Å². The fraction of sp³-hybridized carbons (Fsp3) is 0.500. The molecule has 0 spiro atoms. The van der Waals surface area contributed by atoms with Gasteiger partial charge in [-0.15, -0.1) is 0 Å². The van der Waals surface area contributed by atoms with Crippen molar-refractivity contribution in [2.75, 3.05) is 6.61 Å². The fourth-order valence-electron chi connectivity index (χ4n) is 1.51. The Morgan fingerprint density at radius 1 is 1.18 bits per heavy atom. The Labute approximate surface area is 111 Å². The standard InChI is InChI=1S/C14H19BrO2/c1-2-3-4-5-10-17-14(16)13-8-6-12(11-15)7-9-13/h6-9H,2-5,10-11H2,1H3. The summed E-state index contributed by atoms with van der Waals surface area (Å²) < 4.78 is 5.20. The van der Waals surface area contributed by atoms with Crippen molar-refractivity contribution in [2.45, 2.75) is 37.9 Å². The third-order valence-electron chi connectivity index (χ3n) is 2.57. The van der Waals surface area contributed by atoms with Crippen molar-refractivity contribution >= 4 is 21.9 Å². The molecule has 0 aromatic heterocycles. The predicted molar refractivity (Wildman–Crippen MR) is 73.5 cm³/mol. The highest BCUT2D eigenvalue weighted by Crippen LogP contribution is 2.09. The predicted octanol–water partition coefficient (Wildman–Crippen LogP) is 4.32. The lowest BCUT2D eigenvalue weighted by atomic mass is 10.1.